The molecule has 33 heavy (non-hydrogen) atoms. The summed E-state index contributed by atoms with van der Waals surface area (Å²) in [5.74, 6) is 1.06. The van der Waals surface area contributed by atoms with E-state index in [2.05, 4.69) is 5.32 Å². The first-order valence-electron chi connectivity index (χ1n) is 10.5. The Morgan fingerprint density at radius 2 is 1.73 bits per heavy atom. The largest absolute Gasteiger partial charge is 0.497 e. The Hall–Kier alpha value is -3.77. The van der Waals surface area contributed by atoms with Gasteiger partial charge in [0.05, 0.1) is 25.6 Å². The van der Waals surface area contributed by atoms with Gasteiger partial charge < -0.3 is 14.8 Å². The Kier molecular flexibility index (Phi) is 6.95. The maximum atomic E-state index is 13.1. The lowest BCUT2D eigenvalue weighted by Gasteiger charge is -2.09. The second kappa shape index (κ2) is 10.2. The van der Waals surface area contributed by atoms with Gasteiger partial charge in [0.1, 0.15) is 17.2 Å². The summed E-state index contributed by atoms with van der Waals surface area (Å²) in [5, 5.41) is 8.34. The molecule has 0 aliphatic heterocycles. The van der Waals surface area contributed by atoms with Gasteiger partial charge in [-0.2, -0.15) is 5.10 Å². The van der Waals surface area contributed by atoms with E-state index in [1.807, 2.05) is 54.6 Å². The summed E-state index contributed by atoms with van der Waals surface area (Å²) in [5.41, 5.74) is 3.67. The van der Waals surface area contributed by atoms with Gasteiger partial charge in [-0.1, -0.05) is 41.9 Å². The maximum Gasteiger partial charge on any atom is 0.270 e. The molecule has 0 saturated carbocycles. The Morgan fingerprint density at radius 3 is 2.42 bits per heavy atom. The monoisotopic (exact) mass is 461 g/mol. The Bertz CT molecular complexity index is 1240. The minimum Gasteiger partial charge on any atom is -0.497 e. The van der Waals surface area contributed by atoms with E-state index in [0.29, 0.717) is 34.5 Å². The number of hydrogen-bond acceptors (Lipinski definition) is 4. The zero-order valence-corrected chi connectivity index (χ0v) is 19.2. The van der Waals surface area contributed by atoms with E-state index < -0.39 is 0 Å². The molecule has 0 bridgehead atoms. The molecule has 0 aliphatic carbocycles. The number of carbonyl (C=O) groups is 1. The average molecular weight is 462 g/mol. The third kappa shape index (κ3) is 5.18. The lowest BCUT2D eigenvalue weighted by atomic mass is 10.1. The SMILES string of the molecule is COc1ccc(-c2cc(C(=O)NCCc3ccccc3)n(-c3ccc(Cl)cc3)n2)c(OC)c1. The van der Waals surface area contributed by atoms with Gasteiger partial charge in [-0.15, -0.1) is 0 Å². The molecule has 1 heterocycles. The standard InChI is InChI=1S/C26H24ClN3O3/c1-32-21-12-13-22(25(16-21)33-2)23-17-24(30(29-23)20-10-8-19(27)9-11-20)26(31)28-15-14-18-6-4-3-5-7-18/h3-13,16-17H,14-15H2,1-2H3,(H,28,31). The van der Waals surface area contributed by atoms with Crippen molar-refractivity contribution in [3.05, 3.63) is 95.1 Å². The highest BCUT2D eigenvalue weighted by Gasteiger charge is 2.20. The molecule has 0 aliphatic rings. The summed E-state index contributed by atoms with van der Waals surface area (Å²) in [4.78, 5) is 13.1. The highest BCUT2D eigenvalue weighted by atomic mass is 35.5. The first kappa shape index (κ1) is 22.4. The van der Waals surface area contributed by atoms with E-state index in [-0.39, 0.29) is 5.91 Å². The fourth-order valence-corrected chi connectivity index (χ4v) is 3.65. The fourth-order valence-electron chi connectivity index (χ4n) is 3.52. The number of benzene rings is 3. The van der Waals surface area contributed by atoms with Crippen molar-refractivity contribution in [2.75, 3.05) is 20.8 Å². The van der Waals surface area contributed by atoms with Gasteiger partial charge in [-0.05, 0) is 54.4 Å². The molecule has 0 spiro atoms. The van der Waals surface area contributed by atoms with E-state index in [9.17, 15) is 4.79 Å². The molecule has 1 N–H and O–H groups in total. The predicted molar refractivity (Wildman–Crippen MR) is 130 cm³/mol. The van der Waals surface area contributed by atoms with Crippen LogP contribution in [0.5, 0.6) is 11.5 Å². The van der Waals surface area contributed by atoms with Crippen LogP contribution in [0.1, 0.15) is 16.1 Å². The molecule has 4 aromatic rings. The summed E-state index contributed by atoms with van der Waals surface area (Å²) in [6.07, 6.45) is 0.737. The van der Waals surface area contributed by atoms with Gasteiger partial charge in [0.25, 0.3) is 5.91 Å². The number of ether oxygens (including phenoxy) is 2. The molecule has 0 saturated heterocycles. The third-order valence-corrected chi connectivity index (χ3v) is 5.49. The summed E-state index contributed by atoms with van der Waals surface area (Å²) in [6.45, 7) is 0.510. The number of rotatable bonds is 8. The van der Waals surface area contributed by atoms with Crippen LogP contribution in [-0.4, -0.2) is 36.5 Å². The molecule has 168 valence electrons. The first-order chi connectivity index (χ1) is 16.1. The lowest BCUT2D eigenvalue weighted by molar-refractivity contribution is 0.0946. The highest BCUT2D eigenvalue weighted by Crippen LogP contribution is 2.33. The predicted octanol–water partition coefficient (Wildman–Crippen LogP) is 5.18. The molecule has 1 aromatic heterocycles. The summed E-state index contributed by atoms with van der Waals surface area (Å²) in [6, 6.07) is 24.5. The molecule has 1 amide bonds. The van der Waals surface area contributed by atoms with Gasteiger partial charge in [0.15, 0.2) is 0 Å². The van der Waals surface area contributed by atoms with Crippen LogP contribution in [0.15, 0.2) is 78.9 Å². The van der Waals surface area contributed by atoms with Crippen molar-refractivity contribution in [2.24, 2.45) is 0 Å². The molecule has 7 heteroatoms. The maximum absolute atomic E-state index is 13.1. The van der Waals surface area contributed by atoms with Crippen molar-refractivity contribution >= 4 is 17.5 Å². The van der Waals surface area contributed by atoms with Crippen molar-refractivity contribution < 1.29 is 14.3 Å². The molecule has 3 aromatic carbocycles. The molecular weight excluding hydrogens is 438 g/mol. The second-order valence-corrected chi connectivity index (χ2v) is 7.80. The summed E-state index contributed by atoms with van der Waals surface area (Å²) >= 11 is 6.06. The van der Waals surface area contributed by atoms with Gasteiger partial charge in [-0.25, -0.2) is 4.68 Å². The number of amides is 1. The van der Waals surface area contributed by atoms with E-state index in [4.69, 9.17) is 26.2 Å². The van der Waals surface area contributed by atoms with E-state index >= 15 is 0 Å². The van der Waals surface area contributed by atoms with Gasteiger partial charge in [0.2, 0.25) is 0 Å². The normalized spacial score (nSPS) is 10.6. The van der Waals surface area contributed by atoms with Crippen LogP contribution < -0.4 is 14.8 Å². The fraction of sp³-hybridized carbons (Fsp3) is 0.154. The average Bonchev–Trinajstić information content (AvgIpc) is 3.30. The smallest absolute Gasteiger partial charge is 0.270 e. The highest BCUT2D eigenvalue weighted by molar-refractivity contribution is 6.30. The molecule has 0 fully saturated rings. The molecule has 4 rings (SSSR count). The number of carbonyl (C=O) groups excluding carboxylic acids is 1. The van der Waals surface area contributed by atoms with E-state index in [1.54, 1.807) is 43.2 Å². The first-order valence-corrected chi connectivity index (χ1v) is 10.9. The molecule has 0 radical (unpaired) electrons. The van der Waals surface area contributed by atoms with Crippen molar-refractivity contribution in [2.45, 2.75) is 6.42 Å². The number of hydrogen-bond donors (Lipinski definition) is 1. The van der Waals surface area contributed by atoms with Gasteiger partial charge in [0, 0.05) is 23.2 Å². The molecule has 0 atom stereocenters. The minimum atomic E-state index is -0.216. The van der Waals surface area contributed by atoms with Crippen LogP contribution in [0.3, 0.4) is 0 Å². The number of methoxy groups -OCH3 is 2. The van der Waals surface area contributed by atoms with Crippen LogP contribution in [0.2, 0.25) is 5.02 Å². The van der Waals surface area contributed by atoms with Crippen molar-refractivity contribution in [3.63, 3.8) is 0 Å². The summed E-state index contributed by atoms with van der Waals surface area (Å²) < 4.78 is 12.5. The van der Waals surface area contributed by atoms with Crippen LogP contribution in [0.4, 0.5) is 0 Å². The van der Waals surface area contributed by atoms with Crippen LogP contribution in [0.25, 0.3) is 16.9 Å². The van der Waals surface area contributed by atoms with Crippen LogP contribution in [-0.2, 0) is 6.42 Å². The second-order valence-electron chi connectivity index (χ2n) is 7.36. The zero-order chi connectivity index (χ0) is 23.2. The van der Waals surface area contributed by atoms with Gasteiger partial charge >= 0.3 is 0 Å². The quantitative estimate of drug-likeness (QED) is 0.392. The van der Waals surface area contributed by atoms with Crippen LogP contribution >= 0.6 is 11.6 Å². The summed E-state index contributed by atoms with van der Waals surface area (Å²) in [7, 11) is 3.19. The van der Waals surface area contributed by atoms with Crippen LogP contribution in [0, 0.1) is 0 Å². The minimum absolute atomic E-state index is 0.216. The molecular formula is C26H24ClN3O3. The Labute approximate surface area is 197 Å². The number of aromatic nitrogens is 2. The number of nitrogens with one attached hydrogen (secondary N) is 1. The number of nitrogens with zero attached hydrogens (tertiary/aromatic N) is 2. The van der Waals surface area contributed by atoms with E-state index in [0.717, 1.165) is 23.2 Å². The number of halogens is 1. The third-order valence-electron chi connectivity index (χ3n) is 5.24. The Morgan fingerprint density at radius 1 is 0.970 bits per heavy atom. The lowest BCUT2D eigenvalue weighted by Crippen LogP contribution is -2.27. The van der Waals surface area contributed by atoms with Crippen molar-refractivity contribution in [1.82, 2.24) is 15.1 Å². The Balaban J connectivity index is 1.67. The van der Waals surface area contributed by atoms with E-state index in [1.165, 1.54) is 0 Å². The zero-order valence-electron chi connectivity index (χ0n) is 18.4. The van der Waals surface area contributed by atoms with Gasteiger partial charge in [-0.3, -0.25) is 4.79 Å². The van der Waals surface area contributed by atoms with Crippen molar-refractivity contribution in [3.8, 4) is 28.4 Å². The van der Waals surface area contributed by atoms with Crippen molar-refractivity contribution in [1.29, 1.82) is 0 Å². The molecule has 0 unspecified atom stereocenters. The topological polar surface area (TPSA) is 65.4 Å². The molecule has 6 nitrogen and oxygen atoms in total.